The Morgan fingerprint density at radius 2 is 1.85 bits per heavy atom. The van der Waals surface area contributed by atoms with Crippen molar-refractivity contribution in [1.82, 2.24) is 24.9 Å². The van der Waals surface area contributed by atoms with Gasteiger partial charge >= 0.3 is 0 Å². The van der Waals surface area contributed by atoms with Gasteiger partial charge in [0.05, 0.1) is 6.04 Å². The molecule has 0 radical (unpaired) electrons. The van der Waals surface area contributed by atoms with Crippen molar-refractivity contribution >= 4 is 11.6 Å². The maximum atomic E-state index is 12.8. The maximum absolute atomic E-state index is 12.8. The van der Waals surface area contributed by atoms with Crippen molar-refractivity contribution in [3.05, 3.63) is 84.4 Å². The van der Waals surface area contributed by atoms with Crippen molar-refractivity contribution in [3.8, 4) is 11.6 Å². The molecule has 0 bridgehead atoms. The molecule has 0 aliphatic heterocycles. The molecule has 0 spiro atoms. The maximum Gasteiger partial charge on any atom is 0.257 e. The number of para-hydroxylation sites is 1. The van der Waals surface area contributed by atoms with E-state index in [0.29, 0.717) is 17.1 Å². The molecule has 7 nitrogen and oxygen atoms in total. The van der Waals surface area contributed by atoms with Crippen molar-refractivity contribution in [1.29, 1.82) is 0 Å². The monoisotopic (exact) mass is 359 g/mol. The van der Waals surface area contributed by atoms with E-state index in [-0.39, 0.29) is 17.8 Å². The Morgan fingerprint density at radius 1 is 1.04 bits per heavy atom. The molecule has 1 N–H and O–H groups in total. The number of nitrogens with zero attached hydrogens (tertiary/aromatic N) is 4. The van der Waals surface area contributed by atoms with Crippen LogP contribution in [0.25, 0.3) is 5.65 Å². The molecule has 1 unspecified atom stereocenters. The highest BCUT2D eigenvalue weighted by atomic mass is 16.5. The number of pyridine rings is 2. The van der Waals surface area contributed by atoms with Gasteiger partial charge in [0.1, 0.15) is 11.3 Å². The van der Waals surface area contributed by atoms with Gasteiger partial charge in [-0.2, -0.15) is 0 Å². The van der Waals surface area contributed by atoms with Crippen LogP contribution in [0.4, 0.5) is 0 Å². The molecule has 3 aromatic heterocycles. The van der Waals surface area contributed by atoms with Gasteiger partial charge in [-0.3, -0.25) is 9.20 Å². The van der Waals surface area contributed by atoms with Gasteiger partial charge in [-0.15, -0.1) is 10.2 Å². The molecule has 4 aromatic rings. The van der Waals surface area contributed by atoms with Gasteiger partial charge < -0.3 is 10.1 Å². The third-order valence-electron chi connectivity index (χ3n) is 4.05. The summed E-state index contributed by atoms with van der Waals surface area (Å²) in [5.74, 6) is 1.21. The van der Waals surface area contributed by atoms with Crippen LogP contribution in [0.1, 0.15) is 29.1 Å². The number of fused-ring (bicyclic) bond motifs is 1. The number of aromatic nitrogens is 4. The van der Waals surface area contributed by atoms with E-state index in [1.54, 1.807) is 30.5 Å². The first kappa shape index (κ1) is 16.7. The average molecular weight is 359 g/mol. The Hall–Kier alpha value is -3.74. The Labute approximate surface area is 155 Å². The summed E-state index contributed by atoms with van der Waals surface area (Å²) in [5, 5.41) is 11.2. The zero-order valence-electron chi connectivity index (χ0n) is 14.6. The highest BCUT2D eigenvalue weighted by molar-refractivity contribution is 5.96. The smallest absolute Gasteiger partial charge is 0.257 e. The number of ether oxygens (including phenoxy) is 1. The molecule has 3 heterocycles. The van der Waals surface area contributed by atoms with E-state index in [2.05, 4.69) is 20.5 Å². The molecule has 0 fully saturated rings. The molecule has 0 aliphatic carbocycles. The van der Waals surface area contributed by atoms with Crippen LogP contribution in [0.15, 0.2) is 73.1 Å². The van der Waals surface area contributed by atoms with E-state index in [1.165, 1.54) is 0 Å². The SMILES string of the molecule is CC(NC(=O)c1cccnc1Oc1ccccc1)c1nnc2ccccn12. The summed E-state index contributed by atoms with van der Waals surface area (Å²) < 4.78 is 7.61. The Morgan fingerprint density at radius 3 is 2.70 bits per heavy atom. The summed E-state index contributed by atoms with van der Waals surface area (Å²) in [4.78, 5) is 17.0. The second-order valence-corrected chi connectivity index (χ2v) is 5.95. The van der Waals surface area contributed by atoms with Crippen LogP contribution in [0.2, 0.25) is 0 Å². The summed E-state index contributed by atoms with van der Waals surface area (Å²) in [5.41, 5.74) is 1.07. The lowest BCUT2D eigenvalue weighted by Crippen LogP contribution is -2.28. The number of amides is 1. The number of carbonyl (C=O) groups excluding carboxylic acids is 1. The summed E-state index contributed by atoms with van der Waals surface area (Å²) in [6.45, 7) is 1.86. The fourth-order valence-corrected chi connectivity index (χ4v) is 2.74. The second kappa shape index (κ2) is 7.25. The molecular weight excluding hydrogens is 342 g/mol. The molecule has 1 aromatic carbocycles. The van der Waals surface area contributed by atoms with Crippen LogP contribution in [0, 0.1) is 0 Å². The van der Waals surface area contributed by atoms with Crippen LogP contribution in [0.5, 0.6) is 11.6 Å². The topological polar surface area (TPSA) is 81.4 Å². The third kappa shape index (κ3) is 3.48. The summed E-state index contributed by atoms with van der Waals surface area (Å²) in [7, 11) is 0. The normalized spacial score (nSPS) is 11.9. The minimum absolute atomic E-state index is 0.250. The molecule has 0 saturated carbocycles. The van der Waals surface area contributed by atoms with E-state index in [1.807, 2.05) is 53.9 Å². The Balaban J connectivity index is 1.56. The van der Waals surface area contributed by atoms with E-state index in [9.17, 15) is 4.79 Å². The first-order valence-electron chi connectivity index (χ1n) is 8.51. The first-order valence-corrected chi connectivity index (χ1v) is 8.51. The average Bonchev–Trinajstić information content (AvgIpc) is 3.13. The van der Waals surface area contributed by atoms with Crippen molar-refractivity contribution in [3.63, 3.8) is 0 Å². The number of nitrogens with one attached hydrogen (secondary N) is 1. The lowest BCUT2D eigenvalue weighted by molar-refractivity contribution is 0.0935. The van der Waals surface area contributed by atoms with Gasteiger partial charge in [0.15, 0.2) is 11.5 Å². The van der Waals surface area contributed by atoms with Gasteiger partial charge in [-0.05, 0) is 43.3 Å². The van der Waals surface area contributed by atoms with Gasteiger partial charge in [-0.25, -0.2) is 4.98 Å². The molecule has 7 heteroatoms. The second-order valence-electron chi connectivity index (χ2n) is 5.95. The van der Waals surface area contributed by atoms with Gasteiger partial charge in [-0.1, -0.05) is 24.3 Å². The molecule has 4 rings (SSSR count). The minimum atomic E-state index is -0.348. The number of benzene rings is 1. The van der Waals surface area contributed by atoms with Crippen LogP contribution >= 0.6 is 0 Å². The summed E-state index contributed by atoms with van der Waals surface area (Å²) in [6.07, 6.45) is 3.45. The van der Waals surface area contributed by atoms with E-state index < -0.39 is 0 Å². The van der Waals surface area contributed by atoms with E-state index >= 15 is 0 Å². The highest BCUT2D eigenvalue weighted by Gasteiger charge is 2.20. The minimum Gasteiger partial charge on any atom is -0.438 e. The fourth-order valence-electron chi connectivity index (χ4n) is 2.74. The standard InChI is InChI=1S/C20H17N5O2/c1-14(18-24-23-17-11-5-6-13-25(17)18)22-19(26)16-10-7-12-21-20(16)27-15-8-3-2-4-9-15/h2-14H,1H3,(H,22,26). The van der Waals surface area contributed by atoms with Crippen molar-refractivity contribution in [2.24, 2.45) is 0 Å². The van der Waals surface area contributed by atoms with Gasteiger partial charge in [0.2, 0.25) is 5.88 Å². The lowest BCUT2D eigenvalue weighted by atomic mass is 10.2. The van der Waals surface area contributed by atoms with Gasteiger partial charge in [0, 0.05) is 12.4 Å². The van der Waals surface area contributed by atoms with Crippen LogP contribution < -0.4 is 10.1 Å². The number of hydrogen-bond donors (Lipinski definition) is 1. The van der Waals surface area contributed by atoms with Crippen molar-refractivity contribution in [2.45, 2.75) is 13.0 Å². The largest absolute Gasteiger partial charge is 0.438 e. The Kier molecular flexibility index (Phi) is 4.49. The van der Waals surface area contributed by atoms with Crippen LogP contribution in [-0.2, 0) is 0 Å². The molecule has 27 heavy (non-hydrogen) atoms. The highest BCUT2D eigenvalue weighted by Crippen LogP contribution is 2.23. The molecule has 1 amide bonds. The van der Waals surface area contributed by atoms with Gasteiger partial charge in [0.25, 0.3) is 5.91 Å². The quantitative estimate of drug-likeness (QED) is 0.590. The van der Waals surface area contributed by atoms with Crippen LogP contribution in [-0.4, -0.2) is 25.5 Å². The zero-order chi connectivity index (χ0) is 18.6. The van der Waals surface area contributed by atoms with Crippen molar-refractivity contribution in [2.75, 3.05) is 0 Å². The molecular formula is C20H17N5O2. The predicted octanol–water partition coefficient (Wildman–Crippen LogP) is 3.41. The number of carbonyl (C=O) groups is 1. The number of rotatable bonds is 5. The fraction of sp³-hybridized carbons (Fsp3) is 0.100. The molecule has 134 valence electrons. The first-order chi connectivity index (χ1) is 13.2. The lowest BCUT2D eigenvalue weighted by Gasteiger charge is -2.14. The summed E-state index contributed by atoms with van der Waals surface area (Å²) in [6, 6.07) is 17.9. The van der Waals surface area contributed by atoms with E-state index in [4.69, 9.17) is 4.74 Å². The predicted molar refractivity (Wildman–Crippen MR) is 99.6 cm³/mol. The molecule has 0 saturated heterocycles. The van der Waals surface area contributed by atoms with Crippen LogP contribution in [0.3, 0.4) is 0 Å². The summed E-state index contributed by atoms with van der Waals surface area (Å²) >= 11 is 0. The van der Waals surface area contributed by atoms with E-state index in [0.717, 1.165) is 5.65 Å². The Bertz CT molecular complexity index is 1080. The van der Waals surface area contributed by atoms with Crippen molar-refractivity contribution < 1.29 is 9.53 Å². The molecule has 0 aliphatic rings. The zero-order valence-corrected chi connectivity index (χ0v) is 14.6. The number of hydrogen-bond acceptors (Lipinski definition) is 5. The third-order valence-corrected chi connectivity index (χ3v) is 4.05. The molecule has 1 atom stereocenters.